The molecular formula is C63H97NO17. The third kappa shape index (κ3) is 17.9. The second-order valence-corrected chi connectivity index (χ2v) is 24.7. The maximum absolute atomic E-state index is 14.9. The van der Waals surface area contributed by atoms with E-state index in [1.54, 1.807) is 78.8 Å². The number of esters is 4. The van der Waals surface area contributed by atoms with Gasteiger partial charge in [-0.05, 0) is 95.3 Å². The molecular weight excluding hydrogens is 1040 g/mol. The van der Waals surface area contributed by atoms with Crippen LogP contribution in [0.2, 0.25) is 0 Å². The van der Waals surface area contributed by atoms with Crippen LogP contribution in [0.25, 0.3) is 0 Å². The lowest BCUT2D eigenvalue weighted by Crippen LogP contribution is -2.75. The summed E-state index contributed by atoms with van der Waals surface area (Å²) in [6, 6.07) is 7.03. The highest BCUT2D eigenvalue weighted by molar-refractivity contribution is 5.93. The fourth-order valence-electron chi connectivity index (χ4n) is 12.8. The second-order valence-electron chi connectivity index (χ2n) is 24.7. The van der Waals surface area contributed by atoms with Crippen molar-refractivity contribution in [1.29, 1.82) is 0 Å². The Labute approximate surface area is 480 Å². The molecule has 5 N–H and O–H groups in total. The number of fused-ring (bicyclic) bond motifs is 5. The van der Waals surface area contributed by atoms with E-state index in [0.717, 1.165) is 44.9 Å². The summed E-state index contributed by atoms with van der Waals surface area (Å²) in [4.78, 5) is 89.7. The Balaban J connectivity index is 0.00000144. The quantitative estimate of drug-likeness (QED) is 0.0226. The van der Waals surface area contributed by atoms with Crippen molar-refractivity contribution in [2.45, 2.75) is 245 Å². The molecule has 1 heterocycles. The highest BCUT2D eigenvalue weighted by atomic mass is 16.6. The van der Waals surface area contributed by atoms with Crippen molar-refractivity contribution in [3.05, 3.63) is 59.2 Å². The number of amides is 1. The highest BCUT2D eigenvalue weighted by Gasteiger charge is 2.73. The number of methoxy groups -OCH3 is 1. The first kappa shape index (κ1) is 68.3. The van der Waals surface area contributed by atoms with Crippen molar-refractivity contribution >= 4 is 41.7 Å². The Kier molecular flexibility index (Phi) is 26.1. The van der Waals surface area contributed by atoms with Gasteiger partial charge >= 0.3 is 35.9 Å². The number of carbonyl (C=O) groups is 7. The minimum absolute atomic E-state index is 0.0498. The van der Waals surface area contributed by atoms with Crippen LogP contribution in [0.4, 0.5) is 4.79 Å². The predicted molar refractivity (Wildman–Crippen MR) is 303 cm³/mol. The number of allylic oxidation sites excluding steroid dienone is 2. The minimum Gasteiger partial charge on any atom is -0.481 e. The molecule has 0 radical (unpaired) electrons. The van der Waals surface area contributed by atoms with Crippen LogP contribution in [-0.4, -0.2) is 124 Å². The Morgan fingerprint density at radius 2 is 1.38 bits per heavy atom. The molecule has 456 valence electrons. The van der Waals surface area contributed by atoms with Gasteiger partial charge in [-0.15, -0.1) is 0 Å². The van der Waals surface area contributed by atoms with Gasteiger partial charge in [0.25, 0.3) is 0 Å². The van der Waals surface area contributed by atoms with E-state index in [2.05, 4.69) is 29.1 Å². The molecule has 11 atom stereocenters. The van der Waals surface area contributed by atoms with E-state index in [-0.39, 0.29) is 50.4 Å². The standard InChI is InChI=1S/C58H89NO13.C5H8O4/c1-11-12-13-14-15-16-17-18-19-20-21-22-23-24-25-29-34-68-44(61)32-33-45(62)71-49(47(40-30-27-26-28-31-40)59-53(66)72-54(4,5)6)52(65)70-41-36-58(67)39(3)50-56(9)37-69-43(56)35-42(60)57(50,10)51(64)48(63)46(38(41)2)55(58,7)8;1-9-5(8)3-2-4(6)7/h18-19,26-28,30-31,39,41-43,47-50,60,63,67H,11-17,20-25,29,32-37H2,1-10H3,(H,59,66);2-3H2,1H3,(H,6,7)/b19-18-;/t39-,41-,42-,43+,47-,48+,49+,50+,56+,57+,58+;/m0./s1. The zero-order valence-electron chi connectivity index (χ0n) is 50.3. The van der Waals surface area contributed by atoms with E-state index in [1.165, 1.54) is 45.6 Å². The number of alkyl carbamates (subject to hydrolysis) is 1. The van der Waals surface area contributed by atoms with E-state index in [1.807, 2.05) is 13.8 Å². The van der Waals surface area contributed by atoms with Crippen LogP contribution in [0.1, 0.15) is 209 Å². The molecule has 3 fully saturated rings. The average molecular weight is 1140 g/mol. The van der Waals surface area contributed by atoms with Gasteiger partial charge in [-0.2, -0.15) is 0 Å². The van der Waals surface area contributed by atoms with Gasteiger partial charge in [-0.25, -0.2) is 9.59 Å². The van der Waals surface area contributed by atoms with Crippen LogP contribution in [0.15, 0.2) is 53.6 Å². The molecule has 4 aliphatic rings. The molecule has 2 saturated carbocycles. The summed E-state index contributed by atoms with van der Waals surface area (Å²) in [6.07, 6.45) is 12.6. The van der Waals surface area contributed by atoms with Gasteiger partial charge in [0.2, 0.25) is 6.10 Å². The first-order chi connectivity index (χ1) is 38.1. The number of aliphatic hydroxyl groups excluding tert-OH is 2. The number of rotatable bonds is 28. The number of nitrogens with one attached hydrogen (secondary N) is 1. The van der Waals surface area contributed by atoms with Crippen LogP contribution < -0.4 is 5.32 Å². The number of carboxylic acid groups (broad SMARTS) is 1. The topological polar surface area (TPSA) is 268 Å². The number of unbranched alkanes of at least 4 members (excludes halogenated alkanes) is 12. The maximum atomic E-state index is 14.9. The van der Waals surface area contributed by atoms with E-state index in [4.69, 9.17) is 28.8 Å². The van der Waals surface area contributed by atoms with Gasteiger partial charge in [-0.3, -0.25) is 24.0 Å². The van der Waals surface area contributed by atoms with Crippen molar-refractivity contribution in [3.63, 3.8) is 0 Å². The Bertz CT molecular complexity index is 2320. The number of carboxylic acids is 1. The summed E-state index contributed by atoms with van der Waals surface area (Å²) in [6.45, 7) is 18.5. The molecule has 0 aromatic heterocycles. The summed E-state index contributed by atoms with van der Waals surface area (Å²) in [7, 11) is 1.23. The number of ketones is 1. The third-order valence-electron chi connectivity index (χ3n) is 17.4. The lowest BCUT2D eigenvalue weighted by atomic mass is 9.40. The van der Waals surface area contributed by atoms with E-state index < -0.39 is 118 Å². The number of hydrogen-bond donors (Lipinski definition) is 5. The minimum atomic E-state index is -1.84. The lowest BCUT2D eigenvalue weighted by molar-refractivity contribution is -0.302. The molecule has 1 amide bonds. The number of aliphatic hydroxyl groups is 3. The molecule has 0 unspecified atom stereocenters. The number of ether oxygens (including phenoxy) is 6. The molecule has 1 aliphatic heterocycles. The van der Waals surface area contributed by atoms with Crippen molar-refractivity contribution in [3.8, 4) is 0 Å². The van der Waals surface area contributed by atoms with Crippen LogP contribution in [-0.2, 0) is 57.2 Å². The summed E-state index contributed by atoms with van der Waals surface area (Å²) in [5.74, 6) is -6.04. The van der Waals surface area contributed by atoms with Crippen LogP contribution >= 0.6 is 0 Å². The normalized spacial score (nSPS) is 27.3. The first-order valence-corrected chi connectivity index (χ1v) is 29.6. The molecule has 5 rings (SSSR count). The number of carbonyl (C=O) groups excluding carboxylic acids is 6. The summed E-state index contributed by atoms with van der Waals surface area (Å²) in [5, 5.41) is 47.8. The molecule has 1 aromatic rings. The largest absolute Gasteiger partial charge is 0.481 e. The maximum Gasteiger partial charge on any atom is 0.408 e. The number of Topliss-reactive ketones (excluding diaryl/α,β-unsaturated/α-hetero) is 1. The van der Waals surface area contributed by atoms with Gasteiger partial charge in [0.15, 0.2) is 5.78 Å². The van der Waals surface area contributed by atoms with E-state index in [9.17, 15) is 48.9 Å². The van der Waals surface area contributed by atoms with Crippen LogP contribution in [0, 0.1) is 28.1 Å². The first-order valence-electron chi connectivity index (χ1n) is 29.6. The predicted octanol–water partition coefficient (Wildman–Crippen LogP) is 10.3. The van der Waals surface area contributed by atoms with Gasteiger partial charge in [0.05, 0.1) is 69.2 Å². The summed E-state index contributed by atoms with van der Waals surface area (Å²) >= 11 is 0. The second kappa shape index (κ2) is 30.9. The van der Waals surface area contributed by atoms with Crippen LogP contribution in [0.5, 0.6) is 0 Å². The summed E-state index contributed by atoms with van der Waals surface area (Å²) < 4.78 is 33.4. The third-order valence-corrected chi connectivity index (χ3v) is 17.4. The van der Waals surface area contributed by atoms with Gasteiger partial charge in [-0.1, -0.05) is 135 Å². The highest BCUT2D eigenvalue weighted by Crippen LogP contribution is 2.67. The SMILES string of the molecule is CCCCCCCC/C=C\CCCCCCCCOC(=O)CCC(=O)O[C@@H](C(=O)O[C@H]1C[C@@]2(O)[C@@H](C)[C@@H]3[C@]4(C)CO[C@@H]4C[C@H](O)[C@@]3(C)C(=O)[C@H](O)C(=C1C)C2(C)C)[C@@H](NC(=O)OC(C)(C)C)c1ccccc1.COC(=O)CCC(=O)O. The fraction of sp³-hybridized carbons (Fsp3) is 0.730. The average Bonchev–Trinajstić information content (AvgIpc) is 1.87. The van der Waals surface area contributed by atoms with E-state index in [0.29, 0.717) is 24.2 Å². The number of benzene rings is 1. The Morgan fingerprint density at radius 3 is 1.94 bits per heavy atom. The molecule has 1 aromatic carbocycles. The van der Waals surface area contributed by atoms with Crippen molar-refractivity contribution in [2.75, 3.05) is 20.3 Å². The molecule has 18 heteroatoms. The number of aliphatic carboxylic acids is 1. The lowest BCUT2D eigenvalue weighted by Gasteiger charge is -2.68. The molecule has 2 bridgehead atoms. The fourth-order valence-corrected chi connectivity index (χ4v) is 12.8. The monoisotopic (exact) mass is 1140 g/mol. The van der Waals surface area contributed by atoms with Crippen molar-refractivity contribution < 1.29 is 82.4 Å². The Hall–Kier alpha value is -5.17. The molecule has 18 nitrogen and oxygen atoms in total. The Morgan fingerprint density at radius 1 is 0.815 bits per heavy atom. The smallest absolute Gasteiger partial charge is 0.408 e. The zero-order chi connectivity index (χ0) is 60.3. The van der Waals surface area contributed by atoms with Crippen molar-refractivity contribution in [2.24, 2.45) is 28.1 Å². The van der Waals surface area contributed by atoms with E-state index >= 15 is 0 Å². The molecule has 3 aliphatic carbocycles. The van der Waals surface area contributed by atoms with Gasteiger partial charge in [0.1, 0.15) is 23.9 Å². The number of hydrogen-bond acceptors (Lipinski definition) is 16. The van der Waals surface area contributed by atoms with Gasteiger partial charge < -0.3 is 54.2 Å². The summed E-state index contributed by atoms with van der Waals surface area (Å²) in [5.41, 5.74) is -5.11. The molecule has 81 heavy (non-hydrogen) atoms. The van der Waals surface area contributed by atoms with Gasteiger partial charge in [0, 0.05) is 23.7 Å². The molecule has 0 spiro atoms. The van der Waals surface area contributed by atoms with Crippen molar-refractivity contribution in [1.82, 2.24) is 5.32 Å². The van der Waals surface area contributed by atoms with Crippen LogP contribution in [0.3, 0.4) is 0 Å². The zero-order valence-corrected chi connectivity index (χ0v) is 50.3. The molecule has 1 saturated heterocycles.